The molecule has 0 spiro atoms. The molecule has 3 aliphatic carbocycles. The molecule has 2 bridgehead atoms. The molecular formula is C27H31N5O2. The smallest absolute Gasteiger partial charge is 0.250 e. The third kappa shape index (κ3) is 2.74. The van der Waals surface area contributed by atoms with Crippen molar-refractivity contribution in [2.45, 2.75) is 62.5 Å². The number of aliphatic hydroxyl groups is 1. The van der Waals surface area contributed by atoms with Gasteiger partial charge in [-0.1, -0.05) is 6.07 Å². The molecule has 1 N–H and O–H groups in total. The van der Waals surface area contributed by atoms with E-state index in [4.69, 9.17) is 9.84 Å². The molecule has 7 heteroatoms. The molecule has 7 nitrogen and oxygen atoms in total. The highest BCUT2D eigenvalue weighted by Crippen LogP contribution is 2.58. The molecule has 34 heavy (non-hydrogen) atoms. The molecule has 1 saturated heterocycles. The maximum atomic E-state index is 12.8. The van der Waals surface area contributed by atoms with Crippen LogP contribution in [0.4, 0.5) is 0 Å². The number of benzene rings is 1. The van der Waals surface area contributed by atoms with Crippen LogP contribution in [0.25, 0.3) is 5.95 Å². The molecule has 1 aromatic carbocycles. The minimum absolute atomic E-state index is 0.117. The van der Waals surface area contributed by atoms with Crippen molar-refractivity contribution in [1.82, 2.24) is 24.6 Å². The first-order valence-corrected chi connectivity index (χ1v) is 12.5. The third-order valence-electron chi connectivity index (χ3n) is 9.06. The maximum Gasteiger partial charge on any atom is 0.250 e. The number of hydrogen-bond donors (Lipinski definition) is 1. The minimum atomic E-state index is -0.845. The van der Waals surface area contributed by atoms with Crippen molar-refractivity contribution in [2.24, 2.45) is 5.92 Å². The Morgan fingerprint density at radius 3 is 2.76 bits per heavy atom. The van der Waals surface area contributed by atoms with Gasteiger partial charge in [-0.2, -0.15) is 5.10 Å². The number of nitrogens with zero attached hydrogens (tertiary/aromatic N) is 5. The number of methoxy groups -OCH3 is 1. The second-order valence-electron chi connectivity index (χ2n) is 10.8. The first kappa shape index (κ1) is 20.6. The van der Waals surface area contributed by atoms with Gasteiger partial charge in [0.2, 0.25) is 0 Å². The molecule has 2 fully saturated rings. The van der Waals surface area contributed by atoms with Crippen LogP contribution in [0.5, 0.6) is 5.75 Å². The van der Waals surface area contributed by atoms with Crippen molar-refractivity contribution in [3.8, 4) is 11.7 Å². The summed E-state index contributed by atoms with van der Waals surface area (Å²) < 4.78 is 7.49. The molecule has 3 aromatic rings. The van der Waals surface area contributed by atoms with E-state index in [1.165, 1.54) is 24.0 Å². The number of likely N-dealkylation sites (tertiary alicyclic amines) is 1. The minimum Gasteiger partial charge on any atom is -0.497 e. The summed E-state index contributed by atoms with van der Waals surface area (Å²) in [7, 11) is 1.72. The lowest BCUT2D eigenvalue weighted by Gasteiger charge is -2.63. The van der Waals surface area contributed by atoms with Crippen LogP contribution in [-0.4, -0.2) is 61.6 Å². The van der Waals surface area contributed by atoms with Crippen molar-refractivity contribution in [3.05, 3.63) is 64.7 Å². The summed E-state index contributed by atoms with van der Waals surface area (Å²) in [6.45, 7) is 4.22. The van der Waals surface area contributed by atoms with E-state index < -0.39 is 5.60 Å². The molecule has 0 radical (unpaired) electrons. The summed E-state index contributed by atoms with van der Waals surface area (Å²) in [5, 5.41) is 17.8. The molecule has 7 rings (SSSR count). The lowest BCUT2D eigenvalue weighted by atomic mass is 9.49. The summed E-state index contributed by atoms with van der Waals surface area (Å²) in [6.07, 6.45) is 9.31. The lowest BCUT2D eigenvalue weighted by Crippen LogP contribution is -2.74. The van der Waals surface area contributed by atoms with Gasteiger partial charge in [0.25, 0.3) is 5.95 Å². The maximum absolute atomic E-state index is 12.8. The molecule has 3 atom stereocenters. The van der Waals surface area contributed by atoms with Gasteiger partial charge in [0.1, 0.15) is 5.75 Å². The highest BCUT2D eigenvalue weighted by Gasteiger charge is 2.65. The SMILES string of the molecule is COc1ccc2c(c1)[C@]13CCN(CC4CC4)[C@H](C2)[C@]1(O)Cc1c(nn(-c2ncccn2)c1C)C3. The fraction of sp³-hybridized carbons (Fsp3) is 0.519. The normalized spacial score (nSPS) is 29.8. The van der Waals surface area contributed by atoms with Crippen molar-refractivity contribution in [2.75, 3.05) is 20.2 Å². The van der Waals surface area contributed by atoms with E-state index in [0.29, 0.717) is 12.4 Å². The molecule has 3 heterocycles. The van der Waals surface area contributed by atoms with Gasteiger partial charge >= 0.3 is 0 Å². The standard InChI is InChI=1S/C27H31N5O2/c1-17-21-14-27(33)24-12-19-6-7-20(34-2)13-22(19)26(27,8-11-31(24)16-18-4-5-18)15-23(21)30-32(17)25-28-9-3-10-29-25/h3,6-7,9-10,13,18,24,33H,4-5,8,11-12,14-16H2,1-2H3/t24-,26-,27-/m1/s1. The molecule has 4 aliphatic rings. The van der Waals surface area contributed by atoms with Gasteiger partial charge in [-0.15, -0.1) is 0 Å². The molecule has 1 saturated carbocycles. The van der Waals surface area contributed by atoms with E-state index in [0.717, 1.165) is 61.0 Å². The molecule has 176 valence electrons. The summed E-state index contributed by atoms with van der Waals surface area (Å²) in [5.41, 5.74) is 4.66. The molecule has 2 aromatic heterocycles. The Hall–Kier alpha value is -2.77. The van der Waals surface area contributed by atoms with Gasteiger partial charge in [0.05, 0.1) is 18.4 Å². The van der Waals surface area contributed by atoms with Crippen molar-refractivity contribution < 1.29 is 9.84 Å². The molecule has 0 unspecified atom stereocenters. The van der Waals surface area contributed by atoms with Gasteiger partial charge in [-0.05, 0) is 80.0 Å². The van der Waals surface area contributed by atoms with E-state index in [1.54, 1.807) is 19.5 Å². The van der Waals surface area contributed by atoms with Crippen LogP contribution < -0.4 is 4.74 Å². The second kappa shape index (κ2) is 7.12. The Labute approximate surface area is 199 Å². The monoisotopic (exact) mass is 457 g/mol. The average molecular weight is 458 g/mol. The fourth-order valence-electron chi connectivity index (χ4n) is 7.10. The van der Waals surface area contributed by atoms with Crippen LogP contribution in [0.15, 0.2) is 36.7 Å². The molecular weight excluding hydrogens is 426 g/mol. The Balaban J connectivity index is 1.40. The Kier molecular flexibility index (Phi) is 4.31. The van der Waals surface area contributed by atoms with Gasteiger partial charge < -0.3 is 9.84 Å². The highest BCUT2D eigenvalue weighted by atomic mass is 16.5. The van der Waals surface area contributed by atoms with Gasteiger partial charge in [-0.3, -0.25) is 4.90 Å². The van der Waals surface area contributed by atoms with Crippen LogP contribution in [0.1, 0.15) is 47.3 Å². The fourth-order valence-corrected chi connectivity index (χ4v) is 7.10. The van der Waals surface area contributed by atoms with Crippen LogP contribution in [0.2, 0.25) is 0 Å². The zero-order valence-electron chi connectivity index (χ0n) is 19.9. The third-order valence-corrected chi connectivity index (χ3v) is 9.06. The molecule has 0 amide bonds. The van der Waals surface area contributed by atoms with Crippen molar-refractivity contribution in [3.63, 3.8) is 0 Å². The van der Waals surface area contributed by atoms with Gasteiger partial charge in [0, 0.05) is 48.9 Å². The largest absolute Gasteiger partial charge is 0.497 e. The highest BCUT2D eigenvalue weighted by molar-refractivity contribution is 5.52. The zero-order valence-corrected chi connectivity index (χ0v) is 19.9. The second-order valence-corrected chi connectivity index (χ2v) is 10.8. The first-order chi connectivity index (χ1) is 16.5. The predicted molar refractivity (Wildman–Crippen MR) is 127 cm³/mol. The Morgan fingerprint density at radius 1 is 1.18 bits per heavy atom. The zero-order chi connectivity index (χ0) is 23.1. The average Bonchev–Trinajstić information content (AvgIpc) is 3.62. The van der Waals surface area contributed by atoms with E-state index in [9.17, 15) is 5.11 Å². The number of fused-ring (bicyclic) bond motifs is 2. The quantitative estimate of drug-likeness (QED) is 0.649. The summed E-state index contributed by atoms with van der Waals surface area (Å²) >= 11 is 0. The van der Waals surface area contributed by atoms with E-state index in [1.807, 2.05) is 10.7 Å². The predicted octanol–water partition coefficient (Wildman–Crippen LogP) is 2.79. The lowest BCUT2D eigenvalue weighted by molar-refractivity contribution is -0.152. The first-order valence-electron chi connectivity index (χ1n) is 12.5. The van der Waals surface area contributed by atoms with Gasteiger partial charge in [0.15, 0.2) is 0 Å². The number of hydrogen-bond acceptors (Lipinski definition) is 6. The van der Waals surface area contributed by atoms with Crippen molar-refractivity contribution in [1.29, 1.82) is 0 Å². The summed E-state index contributed by atoms with van der Waals surface area (Å²) in [6, 6.07) is 8.41. The van der Waals surface area contributed by atoms with E-state index in [2.05, 4.69) is 40.0 Å². The summed E-state index contributed by atoms with van der Waals surface area (Å²) in [5.74, 6) is 2.24. The van der Waals surface area contributed by atoms with Crippen LogP contribution in [0.3, 0.4) is 0 Å². The van der Waals surface area contributed by atoms with Crippen LogP contribution >= 0.6 is 0 Å². The number of aromatic nitrogens is 4. The summed E-state index contributed by atoms with van der Waals surface area (Å²) in [4.78, 5) is 11.5. The number of piperidine rings is 1. The van der Waals surface area contributed by atoms with Crippen LogP contribution in [0, 0.1) is 12.8 Å². The Morgan fingerprint density at radius 2 is 2.00 bits per heavy atom. The van der Waals surface area contributed by atoms with E-state index in [-0.39, 0.29) is 11.5 Å². The topological polar surface area (TPSA) is 76.3 Å². The number of ether oxygens (including phenoxy) is 1. The molecule has 1 aliphatic heterocycles. The van der Waals surface area contributed by atoms with Gasteiger partial charge in [-0.25, -0.2) is 14.6 Å². The van der Waals surface area contributed by atoms with Crippen molar-refractivity contribution >= 4 is 0 Å². The number of rotatable bonds is 4. The van der Waals surface area contributed by atoms with E-state index >= 15 is 0 Å². The Bertz CT molecular complexity index is 1270. The van der Waals surface area contributed by atoms with Crippen LogP contribution in [-0.2, 0) is 24.7 Å².